The molecule has 0 aliphatic heterocycles. The van der Waals surface area contributed by atoms with Gasteiger partial charge in [0.2, 0.25) is 0 Å². The van der Waals surface area contributed by atoms with Crippen LogP contribution in [0.4, 0.5) is 0 Å². The first-order valence-electron chi connectivity index (χ1n) is 32.8. The minimum absolute atomic E-state index is 0.0696. The molecule has 0 fully saturated rings. The van der Waals surface area contributed by atoms with E-state index in [1.807, 2.05) is 0 Å². The zero-order chi connectivity index (χ0) is 52.9. The second-order valence-electron chi connectivity index (χ2n) is 22.4. The molecule has 430 valence electrons. The maximum Gasteiger partial charge on any atom is 0.306 e. The highest BCUT2D eigenvalue weighted by atomic mass is 16.6. The fraction of sp³-hybridized carbons (Fsp3) is 0.896. The smallest absolute Gasteiger partial charge is 0.306 e. The first-order valence-corrected chi connectivity index (χ1v) is 32.8. The van der Waals surface area contributed by atoms with Gasteiger partial charge < -0.3 is 14.2 Å². The van der Waals surface area contributed by atoms with E-state index in [1.54, 1.807) is 0 Å². The van der Waals surface area contributed by atoms with E-state index in [-0.39, 0.29) is 31.1 Å². The molecular formula is C67H126O6. The Balaban J connectivity index is 4.24. The number of esters is 3. The van der Waals surface area contributed by atoms with Crippen molar-refractivity contribution >= 4 is 17.9 Å². The molecular weight excluding hydrogens is 901 g/mol. The molecule has 73 heavy (non-hydrogen) atoms. The van der Waals surface area contributed by atoms with E-state index in [0.29, 0.717) is 19.3 Å². The Kier molecular flexibility index (Phi) is 60.6. The highest BCUT2D eigenvalue weighted by molar-refractivity contribution is 5.71. The molecule has 0 N–H and O–H groups in total. The molecule has 0 rings (SSSR count). The van der Waals surface area contributed by atoms with Gasteiger partial charge in [-0.3, -0.25) is 14.4 Å². The van der Waals surface area contributed by atoms with Gasteiger partial charge in [-0.15, -0.1) is 0 Å². The molecule has 0 aliphatic rings. The fourth-order valence-electron chi connectivity index (χ4n) is 9.99. The van der Waals surface area contributed by atoms with Crippen LogP contribution >= 0.6 is 0 Å². The van der Waals surface area contributed by atoms with E-state index in [9.17, 15) is 14.4 Å². The summed E-state index contributed by atoms with van der Waals surface area (Å²) >= 11 is 0. The molecule has 0 aromatic carbocycles. The number of ether oxygens (including phenoxy) is 3. The molecule has 0 amide bonds. The summed E-state index contributed by atoms with van der Waals surface area (Å²) in [5.41, 5.74) is 0. The monoisotopic (exact) mass is 1030 g/mol. The van der Waals surface area contributed by atoms with Gasteiger partial charge in [0, 0.05) is 19.3 Å². The van der Waals surface area contributed by atoms with E-state index in [2.05, 4.69) is 45.1 Å². The maximum atomic E-state index is 12.9. The van der Waals surface area contributed by atoms with Gasteiger partial charge in [0.1, 0.15) is 13.2 Å². The van der Waals surface area contributed by atoms with E-state index in [1.165, 1.54) is 250 Å². The number of hydrogen-bond donors (Lipinski definition) is 0. The van der Waals surface area contributed by atoms with Crippen molar-refractivity contribution in [2.24, 2.45) is 0 Å². The van der Waals surface area contributed by atoms with Crippen molar-refractivity contribution in [3.8, 4) is 0 Å². The zero-order valence-electron chi connectivity index (χ0n) is 49.4. The molecule has 0 saturated heterocycles. The van der Waals surface area contributed by atoms with Crippen LogP contribution in [0.1, 0.15) is 367 Å². The average molecular weight is 1030 g/mol. The summed E-state index contributed by atoms with van der Waals surface area (Å²) in [6, 6.07) is 0. The zero-order valence-corrected chi connectivity index (χ0v) is 49.4. The lowest BCUT2D eigenvalue weighted by Crippen LogP contribution is -2.30. The van der Waals surface area contributed by atoms with E-state index in [0.717, 1.165) is 77.0 Å². The van der Waals surface area contributed by atoms with E-state index in [4.69, 9.17) is 14.2 Å². The minimum atomic E-state index is -0.773. The van der Waals surface area contributed by atoms with Gasteiger partial charge in [0.15, 0.2) is 6.10 Å². The predicted molar refractivity (Wildman–Crippen MR) is 316 cm³/mol. The standard InChI is InChI=1S/C67H126O6/c1-4-7-10-13-16-19-22-25-28-30-31-32-33-34-35-36-38-39-42-45-48-51-54-57-60-66(69)72-63-64(62-71-65(68)59-56-53-50-47-44-41-27-24-21-18-15-12-9-6-3)73-67(70)61-58-55-52-49-46-43-40-37-29-26-23-20-17-14-11-8-5-2/h15,18,24,27,64H,4-14,16-17,19-23,25-26,28-63H2,1-3H3/b18-15-,27-24-. The van der Waals surface area contributed by atoms with Crippen LogP contribution in [0.25, 0.3) is 0 Å². The Morgan fingerprint density at radius 1 is 0.274 bits per heavy atom. The summed E-state index contributed by atoms with van der Waals surface area (Å²) in [4.78, 5) is 38.3. The molecule has 1 atom stereocenters. The molecule has 0 spiro atoms. The van der Waals surface area contributed by atoms with Crippen LogP contribution in [0.15, 0.2) is 24.3 Å². The molecule has 0 aromatic heterocycles. The molecule has 6 heteroatoms. The Morgan fingerprint density at radius 2 is 0.507 bits per heavy atom. The van der Waals surface area contributed by atoms with Crippen LogP contribution in [0.2, 0.25) is 0 Å². The lowest BCUT2D eigenvalue weighted by molar-refractivity contribution is -0.167. The van der Waals surface area contributed by atoms with Gasteiger partial charge >= 0.3 is 17.9 Å². The van der Waals surface area contributed by atoms with Crippen molar-refractivity contribution in [3.63, 3.8) is 0 Å². The SMILES string of the molecule is CCCC/C=C\C/C=C\CCCCCCCC(=O)OCC(COC(=O)CCCCCCCCCCCCCCCCCCCCCCCCCC)OC(=O)CCCCCCCCCCCCCCCCCCC. The Morgan fingerprint density at radius 3 is 0.795 bits per heavy atom. The summed E-state index contributed by atoms with van der Waals surface area (Å²) in [6.45, 7) is 6.66. The van der Waals surface area contributed by atoms with Gasteiger partial charge in [-0.25, -0.2) is 0 Å². The molecule has 6 nitrogen and oxygen atoms in total. The van der Waals surface area contributed by atoms with Crippen molar-refractivity contribution in [2.45, 2.75) is 374 Å². The number of carbonyl (C=O) groups excluding carboxylic acids is 3. The van der Waals surface area contributed by atoms with Crippen molar-refractivity contribution in [1.82, 2.24) is 0 Å². The number of carbonyl (C=O) groups is 3. The van der Waals surface area contributed by atoms with Gasteiger partial charge in [-0.2, -0.15) is 0 Å². The molecule has 0 radical (unpaired) electrons. The van der Waals surface area contributed by atoms with Crippen LogP contribution < -0.4 is 0 Å². The van der Waals surface area contributed by atoms with Crippen LogP contribution in [0.5, 0.6) is 0 Å². The molecule has 1 unspecified atom stereocenters. The van der Waals surface area contributed by atoms with Gasteiger partial charge in [0.25, 0.3) is 0 Å². The molecule has 0 bridgehead atoms. The van der Waals surface area contributed by atoms with Gasteiger partial charge in [0.05, 0.1) is 0 Å². The number of allylic oxidation sites excluding steroid dienone is 4. The summed E-state index contributed by atoms with van der Waals surface area (Å²) in [7, 11) is 0. The predicted octanol–water partition coefficient (Wildman–Crippen LogP) is 22.2. The quantitative estimate of drug-likeness (QED) is 0.0261. The van der Waals surface area contributed by atoms with Crippen molar-refractivity contribution < 1.29 is 28.6 Å². The third-order valence-electron chi connectivity index (χ3n) is 15.0. The van der Waals surface area contributed by atoms with E-state index >= 15 is 0 Å². The first-order chi connectivity index (χ1) is 36.0. The lowest BCUT2D eigenvalue weighted by atomic mass is 10.0. The topological polar surface area (TPSA) is 78.9 Å². The van der Waals surface area contributed by atoms with Crippen LogP contribution in [0.3, 0.4) is 0 Å². The maximum absolute atomic E-state index is 12.9. The summed E-state index contributed by atoms with van der Waals surface area (Å²) in [5.74, 6) is -0.855. The van der Waals surface area contributed by atoms with Gasteiger partial charge in [-0.1, -0.05) is 328 Å². The molecule has 0 saturated carbocycles. The van der Waals surface area contributed by atoms with Gasteiger partial charge in [-0.05, 0) is 44.9 Å². The largest absolute Gasteiger partial charge is 0.462 e. The summed E-state index contributed by atoms with van der Waals surface area (Å²) in [6.07, 6.45) is 74.8. The van der Waals surface area contributed by atoms with Crippen LogP contribution in [-0.2, 0) is 28.6 Å². The molecule has 0 heterocycles. The Bertz CT molecular complexity index is 1180. The average Bonchev–Trinajstić information content (AvgIpc) is 3.39. The van der Waals surface area contributed by atoms with Crippen LogP contribution in [-0.4, -0.2) is 37.2 Å². The second-order valence-corrected chi connectivity index (χ2v) is 22.4. The number of unbranched alkanes of at least 4 members (excludes halogenated alkanes) is 46. The second kappa shape index (κ2) is 62.4. The third kappa shape index (κ3) is 60.6. The lowest BCUT2D eigenvalue weighted by Gasteiger charge is -2.18. The Labute approximate surface area is 455 Å². The highest BCUT2D eigenvalue weighted by Crippen LogP contribution is 2.18. The summed E-state index contributed by atoms with van der Waals surface area (Å²) < 4.78 is 16.9. The fourth-order valence-corrected chi connectivity index (χ4v) is 9.99. The minimum Gasteiger partial charge on any atom is -0.462 e. The number of rotatable bonds is 61. The van der Waals surface area contributed by atoms with Crippen molar-refractivity contribution in [2.75, 3.05) is 13.2 Å². The van der Waals surface area contributed by atoms with Crippen molar-refractivity contribution in [3.05, 3.63) is 24.3 Å². The normalized spacial score (nSPS) is 12.1. The molecule has 0 aromatic rings. The number of hydrogen-bond acceptors (Lipinski definition) is 6. The highest BCUT2D eigenvalue weighted by Gasteiger charge is 2.19. The molecule has 0 aliphatic carbocycles. The van der Waals surface area contributed by atoms with Crippen molar-refractivity contribution in [1.29, 1.82) is 0 Å². The summed E-state index contributed by atoms with van der Waals surface area (Å²) in [5, 5.41) is 0. The first kappa shape index (κ1) is 70.9. The third-order valence-corrected chi connectivity index (χ3v) is 15.0. The Hall–Kier alpha value is -2.11. The van der Waals surface area contributed by atoms with E-state index < -0.39 is 6.10 Å². The van der Waals surface area contributed by atoms with Crippen LogP contribution in [0, 0.1) is 0 Å².